The number of piperazine rings is 1. The molecule has 1 aliphatic heterocycles. The molecule has 1 N–H and O–H groups in total. The van der Waals surface area contributed by atoms with Gasteiger partial charge >= 0.3 is 0 Å². The third-order valence-corrected chi connectivity index (χ3v) is 7.22. The van der Waals surface area contributed by atoms with Crippen LogP contribution in [-0.2, 0) is 0 Å². The number of ketones is 1. The Morgan fingerprint density at radius 2 is 1.84 bits per heavy atom. The molecule has 38 heavy (non-hydrogen) atoms. The highest BCUT2D eigenvalue weighted by atomic mass is 19.2. The molecule has 0 radical (unpaired) electrons. The normalized spacial score (nSPS) is 16.9. The van der Waals surface area contributed by atoms with Gasteiger partial charge in [0.15, 0.2) is 17.4 Å². The second-order valence-electron chi connectivity index (χ2n) is 10.6. The third kappa shape index (κ3) is 9.23. The molecule has 0 aliphatic carbocycles. The van der Waals surface area contributed by atoms with Crippen LogP contribution in [0.15, 0.2) is 66.0 Å². The maximum atomic E-state index is 13.5. The molecule has 1 heterocycles. The van der Waals surface area contributed by atoms with Gasteiger partial charge in [-0.3, -0.25) is 9.69 Å². The summed E-state index contributed by atoms with van der Waals surface area (Å²) in [5, 5.41) is 3.31. The van der Waals surface area contributed by atoms with E-state index in [2.05, 4.69) is 69.0 Å². The summed E-state index contributed by atoms with van der Waals surface area (Å²) >= 11 is 0. The van der Waals surface area contributed by atoms with E-state index in [4.69, 9.17) is 0 Å². The second-order valence-corrected chi connectivity index (χ2v) is 10.6. The summed E-state index contributed by atoms with van der Waals surface area (Å²) in [4.78, 5) is 17.6. The number of benzene rings is 1. The van der Waals surface area contributed by atoms with Crippen molar-refractivity contribution in [1.82, 2.24) is 15.1 Å². The maximum Gasteiger partial charge on any atom is 0.162 e. The first-order valence-electron chi connectivity index (χ1n) is 14.1. The zero-order valence-electron chi connectivity index (χ0n) is 24.1. The lowest BCUT2D eigenvalue weighted by atomic mass is 9.97. The van der Waals surface area contributed by atoms with Crippen LogP contribution in [0, 0.1) is 11.6 Å². The fraction of sp³-hybridized carbons (Fsp3) is 0.531. The van der Waals surface area contributed by atoms with Crippen molar-refractivity contribution < 1.29 is 13.6 Å². The van der Waals surface area contributed by atoms with E-state index >= 15 is 0 Å². The number of nitrogens with one attached hydrogen (secondary N) is 1. The fourth-order valence-electron chi connectivity index (χ4n) is 5.11. The van der Waals surface area contributed by atoms with Crippen molar-refractivity contribution in [3.05, 3.63) is 83.2 Å². The second kappa shape index (κ2) is 15.6. The molecule has 210 valence electrons. The lowest BCUT2D eigenvalue weighted by molar-refractivity contribution is 0.0564. The van der Waals surface area contributed by atoms with Crippen LogP contribution in [-0.4, -0.2) is 53.8 Å². The molecule has 6 heteroatoms. The number of carbonyl (C=O) groups is 1. The van der Waals surface area contributed by atoms with Gasteiger partial charge in [0.05, 0.1) is 0 Å². The van der Waals surface area contributed by atoms with Crippen molar-refractivity contribution in [3.63, 3.8) is 0 Å². The minimum Gasteiger partial charge on any atom is -0.385 e. The highest BCUT2D eigenvalue weighted by Gasteiger charge is 2.29. The van der Waals surface area contributed by atoms with E-state index in [-0.39, 0.29) is 11.3 Å². The lowest BCUT2D eigenvalue weighted by Crippen LogP contribution is -2.55. The molecule has 1 saturated heterocycles. The number of Topliss-reactive ketones (excluding diaryl/α,β-unsaturated/α-hetero) is 1. The van der Waals surface area contributed by atoms with E-state index in [0.29, 0.717) is 18.5 Å². The highest BCUT2D eigenvalue weighted by molar-refractivity contribution is 5.96. The Labute approximate surface area is 229 Å². The van der Waals surface area contributed by atoms with Gasteiger partial charge in [-0.05, 0) is 76.3 Å². The number of halogens is 2. The van der Waals surface area contributed by atoms with Crippen LogP contribution in [0.5, 0.6) is 0 Å². The van der Waals surface area contributed by atoms with Crippen LogP contribution in [0.2, 0.25) is 0 Å². The molecule has 4 nitrogen and oxygen atoms in total. The van der Waals surface area contributed by atoms with Crippen molar-refractivity contribution in [2.75, 3.05) is 26.2 Å². The Kier molecular flexibility index (Phi) is 12.9. The zero-order chi connectivity index (χ0) is 28.2. The third-order valence-electron chi connectivity index (χ3n) is 7.22. The van der Waals surface area contributed by atoms with E-state index in [9.17, 15) is 13.6 Å². The predicted octanol–water partition coefficient (Wildman–Crippen LogP) is 7.41. The van der Waals surface area contributed by atoms with Crippen LogP contribution in [0.4, 0.5) is 8.78 Å². The van der Waals surface area contributed by atoms with E-state index in [1.807, 2.05) is 6.08 Å². The van der Waals surface area contributed by atoms with Crippen molar-refractivity contribution in [2.24, 2.45) is 0 Å². The van der Waals surface area contributed by atoms with Crippen LogP contribution >= 0.6 is 0 Å². The molecule has 0 spiro atoms. The number of carbonyl (C=O) groups excluding carboxylic acids is 1. The van der Waals surface area contributed by atoms with Gasteiger partial charge < -0.3 is 10.2 Å². The fourth-order valence-corrected chi connectivity index (χ4v) is 5.11. The van der Waals surface area contributed by atoms with Crippen molar-refractivity contribution in [2.45, 2.75) is 85.2 Å². The van der Waals surface area contributed by atoms with Crippen molar-refractivity contribution in [1.29, 1.82) is 0 Å². The minimum absolute atomic E-state index is 0.133. The average Bonchev–Trinajstić information content (AvgIpc) is 2.88. The number of rotatable bonds is 15. The summed E-state index contributed by atoms with van der Waals surface area (Å²) in [7, 11) is 0. The van der Waals surface area contributed by atoms with Gasteiger partial charge in [-0.25, -0.2) is 8.78 Å². The van der Waals surface area contributed by atoms with Crippen molar-refractivity contribution in [3.8, 4) is 0 Å². The van der Waals surface area contributed by atoms with Gasteiger partial charge in [0.2, 0.25) is 0 Å². The average molecular weight is 528 g/mol. The predicted molar refractivity (Wildman–Crippen MR) is 155 cm³/mol. The molecule has 1 aromatic carbocycles. The van der Waals surface area contributed by atoms with Crippen molar-refractivity contribution >= 4 is 5.78 Å². The standard InChI is InChI=1S/C32H47F2N3O/c1-8-11-28(12-10-13-32(38)27-15-16-29(33)30(34)21-27)37-20-19-36(22-25(37)6)31(23(3)4)17-14-24(5)26(7)35-18-9-2/h14-17,21,25,28,35H,5,7-13,18-20,22H2,1-4,6H3/b17-14-/t25-,28?/m0/s1. The Morgan fingerprint density at radius 1 is 1.11 bits per heavy atom. The van der Waals surface area contributed by atoms with Gasteiger partial charge in [-0.2, -0.15) is 0 Å². The Balaban J connectivity index is 1.98. The van der Waals surface area contributed by atoms with Gasteiger partial charge in [0.25, 0.3) is 0 Å². The molecule has 0 bridgehead atoms. The number of allylic oxidation sites excluding steroid dienone is 3. The smallest absolute Gasteiger partial charge is 0.162 e. The largest absolute Gasteiger partial charge is 0.385 e. The lowest BCUT2D eigenvalue weighted by Gasteiger charge is -2.45. The summed E-state index contributed by atoms with van der Waals surface area (Å²) in [5.74, 6) is -2.03. The Morgan fingerprint density at radius 3 is 2.45 bits per heavy atom. The molecular formula is C32H47F2N3O. The molecule has 0 saturated carbocycles. The quantitative estimate of drug-likeness (QED) is 0.190. The first kappa shape index (κ1) is 31.5. The molecule has 0 amide bonds. The van der Waals surface area contributed by atoms with Crippen LogP contribution in [0.3, 0.4) is 0 Å². The molecule has 2 atom stereocenters. The first-order chi connectivity index (χ1) is 18.1. The molecule has 1 aromatic rings. The van der Waals surface area contributed by atoms with Crippen LogP contribution in [0.25, 0.3) is 0 Å². The van der Waals surface area contributed by atoms with E-state index < -0.39 is 11.6 Å². The summed E-state index contributed by atoms with van der Waals surface area (Å²) in [6, 6.07) is 4.16. The first-order valence-corrected chi connectivity index (χ1v) is 14.1. The summed E-state index contributed by atoms with van der Waals surface area (Å²) in [5.41, 5.74) is 4.49. The van der Waals surface area contributed by atoms with Crippen LogP contribution in [0.1, 0.15) is 83.5 Å². The molecule has 2 rings (SSSR count). The number of nitrogens with zero attached hydrogens (tertiary/aromatic N) is 2. The Hall–Kier alpha value is -2.73. The molecular weight excluding hydrogens is 480 g/mol. The summed E-state index contributed by atoms with van der Waals surface area (Å²) < 4.78 is 26.7. The van der Waals surface area contributed by atoms with Gasteiger partial charge in [0, 0.05) is 61.6 Å². The SMILES string of the molecule is C=C(/C=C\C(=C(C)C)N1CCN(C(CCC)CCCC(=O)c2ccc(F)c(F)c2)[C@@H](C)C1)C(=C)NCCC. The summed E-state index contributed by atoms with van der Waals surface area (Å²) in [6.07, 6.45) is 9.39. The molecule has 1 unspecified atom stereocenters. The van der Waals surface area contributed by atoms with E-state index in [0.717, 1.165) is 81.7 Å². The minimum atomic E-state index is -0.973. The molecule has 1 aliphatic rings. The topological polar surface area (TPSA) is 35.6 Å². The van der Waals surface area contributed by atoms with E-state index in [1.54, 1.807) is 0 Å². The zero-order valence-corrected chi connectivity index (χ0v) is 24.1. The molecule has 1 fully saturated rings. The highest BCUT2D eigenvalue weighted by Crippen LogP contribution is 2.25. The number of hydrogen-bond donors (Lipinski definition) is 1. The van der Waals surface area contributed by atoms with Crippen LogP contribution < -0.4 is 5.32 Å². The van der Waals surface area contributed by atoms with Gasteiger partial charge in [0.1, 0.15) is 0 Å². The monoisotopic (exact) mass is 527 g/mol. The maximum absolute atomic E-state index is 13.5. The van der Waals surface area contributed by atoms with Gasteiger partial charge in [-0.15, -0.1) is 0 Å². The number of hydrogen-bond acceptors (Lipinski definition) is 4. The molecule has 0 aromatic heterocycles. The van der Waals surface area contributed by atoms with Gasteiger partial charge in [-0.1, -0.05) is 45.1 Å². The Bertz CT molecular complexity index is 1030. The van der Waals surface area contributed by atoms with E-state index in [1.165, 1.54) is 17.3 Å². The summed E-state index contributed by atoms with van der Waals surface area (Å²) in [6.45, 7) is 22.9.